The Morgan fingerprint density at radius 1 is 1.50 bits per heavy atom. The molecule has 2 heterocycles. The first-order valence-electron chi connectivity index (χ1n) is 6.70. The zero-order valence-electron chi connectivity index (χ0n) is 12.0. The highest BCUT2D eigenvalue weighted by Crippen LogP contribution is 2.24. The second-order valence-electron chi connectivity index (χ2n) is 5.00. The van der Waals surface area contributed by atoms with Gasteiger partial charge >= 0.3 is 5.97 Å². The second kappa shape index (κ2) is 6.76. The topological polar surface area (TPSA) is 89.3 Å². The van der Waals surface area contributed by atoms with Crippen LogP contribution in [0.15, 0.2) is 30.5 Å². The zero-order valence-corrected chi connectivity index (χ0v) is 12.8. The Bertz CT molecular complexity index is 661. The summed E-state index contributed by atoms with van der Waals surface area (Å²) < 4.78 is 6.92. The van der Waals surface area contributed by atoms with Crippen LogP contribution in [0.3, 0.4) is 0 Å². The largest absolute Gasteiger partial charge is 0.497 e. The number of aromatic nitrogens is 3. The molecule has 118 valence electrons. The highest BCUT2D eigenvalue weighted by Gasteiger charge is 2.30. The smallest absolute Gasteiger partial charge is 0.320 e. The van der Waals surface area contributed by atoms with Gasteiger partial charge in [0, 0.05) is 12.1 Å². The standard InChI is InChI=1S/C14H16N4O3.ClH/c1-21-11-4-2-3-9(5-11)13-8-18(17-16-13)10-6-12(14(19)20)15-7-10;/h2-5,8,10,12,15H,6-7H2,1H3,(H,19,20);1H/t10-,12-;/m0./s1. The maximum atomic E-state index is 11.0. The first-order valence-corrected chi connectivity index (χ1v) is 6.70. The molecule has 1 aliphatic rings. The number of nitrogens with zero attached hydrogens (tertiary/aromatic N) is 3. The minimum Gasteiger partial charge on any atom is -0.497 e. The third-order valence-electron chi connectivity index (χ3n) is 3.66. The third kappa shape index (κ3) is 3.20. The summed E-state index contributed by atoms with van der Waals surface area (Å²) in [6, 6.07) is 7.08. The van der Waals surface area contributed by atoms with Crippen molar-refractivity contribution < 1.29 is 14.6 Å². The van der Waals surface area contributed by atoms with Crippen LogP contribution in [0.1, 0.15) is 12.5 Å². The number of nitrogens with one attached hydrogen (secondary N) is 1. The van der Waals surface area contributed by atoms with E-state index in [9.17, 15) is 4.79 Å². The van der Waals surface area contributed by atoms with Gasteiger partial charge in [0.2, 0.25) is 0 Å². The molecule has 22 heavy (non-hydrogen) atoms. The number of methoxy groups -OCH3 is 1. The van der Waals surface area contributed by atoms with Crippen LogP contribution < -0.4 is 10.1 Å². The van der Waals surface area contributed by atoms with Crippen LogP contribution in [0, 0.1) is 0 Å². The molecular weight excluding hydrogens is 308 g/mol. The molecule has 1 aliphatic heterocycles. The van der Waals surface area contributed by atoms with Crippen LogP contribution in [0.2, 0.25) is 0 Å². The normalized spacial score (nSPS) is 20.4. The number of halogens is 1. The maximum absolute atomic E-state index is 11.0. The van der Waals surface area contributed by atoms with Gasteiger partial charge in [-0.15, -0.1) is 17.5 Å². The van der Waals surface area contributed by atoms with Crippen LogP contribution in [0.4, 0.5) is 0 Å². The van der Waals surface area contributed by atoms with E-state index in [0.717, 1.165) is 17.0 Å². The van der Waals surface area contributed by atoms with Crippen molar-refractivity contribution in [2.24, 2.45) is 0 Å². The predicted octanol–water partition coefficient (Wildman–Crippen LogP) is 1.36. The van der Waals surface area contributed by atoms with Crippen LogP contribution in [0.25, 0.3) is 11.3 Å². The van der Waals surface area contributed by atoms with E-state index in [2.05, 4.69) is 15.6 Å². The molecular formula is C14H17ClN4O3. The highest BCUT2D eigenvalue weighted by molar-refractivity contribution is 5.85. The molecule has 2 N–H and O–H groups in total. The summed E-state index contributed by atoms with van der Waals surface area (Å²) in [6.45, 7) is 0.581. The molecule has 0 spiro atoms. The Morgan fingerprint density at radius 3 is 3.00 bits per heavy atom. The molecule has 2 aromatic rings. The van der Waals surface area contributed by atoms with Crippen molar-refractivity contribution in [3.63, 3.8) is 0 Å². The van der Waals surface area contributed by atoms with Gasteiger partial charge < -0.3 is 15.2 Å². The van der Waals surface area contributed by atoms with Crippen molar-refractivity contribution in [1.82, 2.24) is 20.3 Å². The molecule has 7 nitrogen and oxygen atoms in total. The summed E-state index contributed by atoms with van der Waals surface area (Å²) in [5.41, 5.74) is 1.66. The number of rotatable bonds is 4. The van der Waals surface area contributed by atoms with Crippen molar-refractivity contribution in [3.05, 3.63) is 30.5 Å². The molecule has 1 saturated heterocycles. The molecule has 0 aliphatic carbocycles. The van der Waals surface area contributed by atoms with E-state index in [1.807, 2.05) is 30.5 Å². The number of hydrogen-bond donors (Lipinski definition) is 2. The molecule has 1 aromatic heterocycles. The SMILES string of the molecule is COc1cccc(-c2cn([C@@H]3CN[C@H](C(=O)O)C3)nn2)c1.Cl. The van der Waals surface area contributed by atoms with E-state index in [-0.39, 0.29) is 18.4 Å². The molecule has 0 unspecified atom stereocenters. The number of hydrogen-bond acceptors (Lipinski definition) is 5. The fourth-order valence-electron chi connectivity index (χ4n) is 2.48. The van der Waals surface area contributed by atoms with Crippen molar-refractivity contribution in [1.29, 1.82) is 0 Å². The summed E-state index contributed by atoms with van der Waals surface area (Å²) in [5.74, 6) is -0.0684. The lowest BCUT2D eigenvalue weighted by Gasteiger charge is -2.07. The number of ether oxygens (including phenoxy) is 1. The van der Waals surface area contributed by atoms with E-state index < -0.39 is 12.0 Å². The number of carboxylic acid groups (broad SMARTS) is 1. The van der Waals surface area contributed by atoms with Crippen molar-refractivity contribution in [2.75, 3.05) is 13.7 Å². The van der Waals surface area contributed by atoms with Gasteiger partial charge in [0.15, 0.2) is 0 Å². The Morgan fingerprint density at radius 2 is 2.32 bits per heavy atom. The molecule has 8 heteroatoms. The average Bonchev–Trinajstić information content (AvgIpc) is 3.16. The fraction of sp³-hybridized carbons (Fsp3) is 0.357. The summed E-state index contributed by atoms with van der Waals surface area (Å²) in [4.78, 5) is 11.0. The summed E-state index contributed by atoms with van der Waals surface area (Å²) in [7, 11) is 1.62. The van der Waals surface area contributed by atoms with Gasteiger partial charge in [-0.05, 0) is 18.6 Å². The lowest BCUT2D eigenvalue weighted by Crippen LogP contribution is -2.29. The number of aliphatic carboxylic acids is 1. The molecule has 3 rings (SSSR count). The molecule has 0 saturated carbocycles. The van der Waals surface area contributed by atoms with Gasteiger partial charge in [-0.25, -0.2) is 4.68 Å². The lowest BCUT2D eigenvalue weighted by atomic mass is 10.1. The number of carbonyl (C=O) groups is 1. The fourth-order valence-corrected chi connectivity index (χ4v) is 2.48. The Labute approximate surface area is 133 Å². The van der Waals surface area contributed by atoms with Gasteiger partial charge in [0.25, 0.3) is 0 Å². The monoisotopic (exact) mass is 324 g/mol. The minimum atomic E-state index is -0.828. The first kappa shape index (κ1) is 16.3. The van der Waals surface area contributed by atoms with Crippen LogP contribution in [-0.4, -0.2) is 45.8 Å². The average molecular weight is 325 g/mol. The molecule has 0 radical (unpaired) electrons. The maximum Gasteiger partial charge on any atom is 0.320 e. The molecule has 1 aromatic carbocycles. The van der Waals surface area contributed by atoms with Crippen LogP contribution in [0.5, 0.6) is 5.75 Å². The van der Waals surface area contributed by atoms with Crippen LogP contribution in [-0.2, 0) is 4.79 Å². The first-order chi connectivity index (χ1) is 10.2. The van der Waals surface area contributed by atoms with E-state index >= 15 is 0 Å². The van der Waals surface area contributed by atoms with Gasteiger partial charge in [0.1, 0.15) is 17.5 Å². The van der Waals surface area contributed by atoms with E-state index in [0.29, 0.717) is 13.0 Å². The second-order valence-corrected chi connectivity index (χ2v) is 5.00. The number of carboxylic acids is 1. The molecule has 1 fully saturated rings. The van der Waals surface area contributed by atoms with Gasteiger partial charge in [-0.3, -0.25) is 4.79 Å². The molecule has 0 bridgehead atoms. The Hall–Kier alpha value is -2.12. The van der Waals surface area contributed by atoms with Crippen LogP contribution >= 0.6 is 12.4 Å². The van der Waals surface area contributed by atoms with Crippen molar-refractivity contribution in [3.8, 4) is 17.0 Å². The van der Waals surface area contributed by atoms with Crippen molar-refractivity contribution in [2.45, 2.75) is 18.5 Å². The van der Waals surface area contributed by atoms with E-state index in [1.165, 1.54) is 0 Å². The van der Waals surface area contributed by atoms with E-state index in [1.54, 1.807) is 11.8 Å². The molecule has 0 amide bonds. The number of benzene rings is 1. The summed E-state index contributed by atoms with van der Waals surface area (Å²) >= 11 is 0. The van der Waals surface area contributed by atoms with Gasteiger partial charge in [-0.2, -0.15) is 0 Å². The quantitative estimate of drug-likeness (QED) is 0.882. The lowest BCUT2D eigenvalue weighted by molar-refractivity contribution is -0.139. The minimum absolute atomic E-state index is 0. The van der Waals surface area contributed by atoms with Gasteiger partial charge in [-0.1, -0.05) is 17.3 Å². The van der Waals surface area contributed by atoms with E-state index in [4.69, 9.17) is 9.84 Å². The highest BCUT2D eigenvalue weighted by atomic mass is 35.5. The summed E-state index contributed by atoms with van der Waals surface area (Å²) in [5, 5.41) is 20.2. The zero-order chi connectivity index (χ0) is 14.8. The predicted molar refractivity (Wildman–Crippen MR) is 82.3 cm³/mol. The summed E-state index contributed by atoms with van der Waals surface area (Å²) in [6.07, 6.45) is 2.35. The van der Waals surface area contributed by atoms with Gasteiger partial charge in [0.05, 0.1) is 19.3 Å². The Balaban J connectivity index is 0.00000176. The molecule has 2 atom stereocenters. The third-order valence-corrected chi connectivity index (χ3v) is 3.66. The van der Waals surface area contributed by atoms with Crippen molar-refractivity contribution >= 4 is 18.4 Å². The Kier molecular flexibility index (Phi) is 4.99.